The van der Waals surface area contributed by atoms with Crippen LogP contribution >= 0.6 is 23.2 Å². The summed E-state index contributed by atoms with van der Waals surface area (Å²) >= 11 is 12.5. The van der Waals surface area contributed by atoms with Crippen LogP contribution in [0.25, 0.3) is 0 Å². The molecule has 1 amide bonds. The van der Waals surface area contributed by atoms with Crippen molar-refractivity contribution >= 4 is 54.8 Å². The summed E-state index contributed by atoms with van der Waals surface area (Å²) in [4.78, 5) is 12.8. The number of sulfonamides is 2. The van der Waals surface area contributed by atoms with Crippen LogP contribution in [0.3, 0.4) is 0 Å². The van der Waals surface area contributed by atoms with E-state index in [1.165, 1.54) is 40.7 Å². The molecule has 1 N–H and O–H groups in total. The Morgan fingerprint density at radius 1 is 0.925 bits per heavy atom. The van der Waals surface area contributed by atoms with Crippen molar-refractivity contribution in [3.05, 3.63) is 87.9 Å². The Kier molecular flexibility index (Phi) is 9.63. The summed E-state index contributed by atoms with van der Waals surface area (Å²) in [5.41, 5.74) is 1.17. The lowest BCUT2D eigenvalue weighted by Crippen LogP contribution is -2.30. The Bertz CT molecular complexity index is 1540. The van der Waals surface area contributed by atoms with Gasteiger partial charge in [0.2, 0.25) is 20.0 Å². The Labute approximate surface area is 244 Å². The number of amides is 1. The number of nitrogens with zero attached hydrogens (tertiary/aromatic N) is 2. The zero-order valence-corrected chi connectivity index (χ0v) is 24.9. The molecule has 1 heterocycles. The average molecular weight is 627 g/mol. The van der Waals surface area contributed by atoms with Gasteiger partial charge in [-0.25, -0.2) is 16.8 Å². The molecule has 0 atom stereocenters. The minimum absolute atomic E-state index is 0.0641. The summed E-state index contributed by atoms with van der Waals surface area (Å²) in [6.45, 7) is 1.38. The van der Waals surface area contributed by atoms with Crippen molar-refractivity contribution in [1.82, 2.24) is 9.62 Å². The summed E-state index contributed by atoms with van der Waals surface area (Å²) in [6.07, 6.45) is 2.82. The highest BCUT2D eigenvalue weighted by molar-refractivity contribution is 7.92. The number of carbonyl (C=O) groups is 1. The predicted octanol–water partition coefficient (Wildman–Crippen LogP) is 4.55. The van der Waals surface area contributed by atoms with Crippen LogP contribution in [0, 0.1) is 0 Å². The van der Waals surface area contributed by atoms with E-state index in [9.17, 15) is 21.6 Å². The minimum Gasteiger partial charge on any atom is -0.492 e. The number of rotatable bonds is 11. The molecule has 0 bridgehead atoms. The molecule has 0 unspecified atom stereocenters. The highest BCUT2D eigenvalue weighted by Gasteiger charge is 2.27. The van der Waals surface area contributed by atoms with Crippen LogP contribution in [0.5, 0.6) is 5.75 Å². The third-order valence-corrected chi connectivity index (χ3v) is 10.1. The summed E-state index contributed by atoms with van der Waals surface area (Å²) in [5.74, 6) is 0.126. The standard InChI is InChI=1S/C27H29Cl2N3O6S2/c1-39(34,35)32(19-24-25(28)5-4-6-26(24)29)21-9-7-20(8-10-21)27(33)30-15-18-38-22-11-13-23(14-12-22)40(36,37)31-16-2-3-17-31/h4-14H,2-3,15-19H2,1H3,(H,30,33). The molecular formula is C27H29Cl2N3O6S2. The first kappa shape index (κ1) is 30.1. The van der Waals surface area contributed by atoms with Crippen molar-refractivity contribution in [2.45, 2.75) is 24.3 Å². The van der Waals surface area contributed by atoms with Crippen LogP contribution in [0.2, 0.25) is 10.0 Å². The van der Waals surface area contributed by atoms with E-state index in [4.69, 9.17) is 27.9 Å². The van der Waals surface area contributed by atoms with Gasteiger partial charge in [0.1, 0.15) is 12.4 Å². The maximum atomic E-state index is 12.6. The van der Waals surface area contributed by atoms with E-state index >= 15 is 0 Å². The van der Waals surface area contributed by atoms with Crippen LogP contribution in [-0.4, -0.2) is 59.5 Å². The molecule has 1 aliphatic rings. The molecular weight excluding hydrogens is 597 g/mol. The smallest absolute Gasteiger partial charge is 0.251 e. The molecule has 3 aromatic rings. The van der Waals surface area contributed by atoms with Gasteiger partial charge < -0.3 is 10.1 Å². The van der Waals surface area contributed by atoms with Crippen molar-refractivity contribution in [3.63, 3.8) is 0 Å². The molecule has 1 fully saturated rings. The number of halogens is 2. The molecule has 0 aliphatic carbocycles. The SMILES string of the molecule is CS(=O)(=O)N(Cc1c(Cl)cccc1Cl)c1ccc(C(=O)NCCOc2ccc(S(=O)(=O)N3CCCC3)cc2)cc1. The molecule has 4 rings (SSSR count). The van der Waals surface area contributed by atoms with Crippen LogP contribution in [0.4, 0.5) is 5.69 Å². The number of carbonyl (C=O) groups excluding carboxylic acids is 1. The second-order valence-electron chi connectivity index (χ2n) is 9.20. The van der Waals surface area contributed by atoms with Crippen molar-refractivity contribution in [2.24, 2.45) is 0 Å². The quantitative estimate of drug-likeness (QED) is 0.313. The topological polar surface area (TPSA) is 113 Å². The molecule has 0 aromatic heterocycles. The monoisotopic (exact) mass is 625 g/mol. The number of nitrogens with one attached hydrogen (secondary N) is 1. The van der Waals surface area contributed by atoms with E-state index in [1.54, 1.807) is 30.3 Å². The molecule has 40 heavy (non-hydrogen) atoms. The van der Waals surface area contributed by atoms with Crippen molar-refractivity contribution in [3.8, 4) is 5.75 Å². The van der Waals surface area contributed by atoms with Crippen LogP contribution in [0.15, 0.2) is 71.6 Å². The Morgan fingerprint density at radius 3 is 2.10 bits per heavy atom. The van der Waals surface area contributed by atoms with Gasteiger partial charge in [0.05, 0.1) is 29.9 Å². The minimum atomic E-state index is -3.68. The number of anilines is 1. The van der Waals surface area contributed by atoms with Gasteiger partial charge in [-0.3, -0.25) is 9.10 Å². The first-order valence-corrected chi connectivity index (χ1v) is 16.5. The van der Waals surface area contributed by atoms with E-state index in [-0.39, 0.29) is 30.5 Å². The molecule has 1 aliphatic heterocycles. The largest absolute Gasteiger partial charge is 0.492 e. The summed E-state index contributed by atoms with van der Waals surface area (Å²) < 4.78 is 58.6. The van der Waals surface area contributed by atoms with E-state index in [0.29, 0.717) is 45.7 Å². The number of hydrogen-bond donors (Lipinski definition) is 1. The first-order valence-electron chi connectivity index (χ1n) is 12.5. The van der Waals surface area contributed by atoms with Crippen molar-refractivity contribution in [1.29, 1.82) is 0 Å². The second-order valence-corrected chi connectivity index (χ2v) is 13.9. The van der Waals surface area contributed by atoms with Gasteiger partial charge >= 0.3 is 0 Å². The van der Waals surface area contributed by atoms with Gasteiger partial charge in [0, 0.05) is 34.3 Å². The first-order chi connectivity index (χ1) is 19.0. The fourth-order valence-corrected chi connectivity index (χ4v) is 7.13. The van der Waals surface area contributed by atoms with Gasteiger partial charge in [-0.05, 0) is 73.5 Å². The highest BCUT2D eigenvalue weighted by atomic mass is 35.5. The van der Waals surface area contributed by atoms with Gasteiger partial charge in [-0.2, -0.15) is 4.31 Å². The number of benzene rings is 3. The number of ether oxygens (including phenoxy) is 1. The summed E-state index contributed by atoms with van der Waals surface area (Å²) in [7, 11) is -7.17. The molecule has 214 valence electrons. The van der Waals surface area contributed by atoms with Crippen molar-refractivity contribution < 1.29 is 26.4 Å². The maximum absolute atomic E-state index is 12.6. The van der Waals surface area contributed by atoms with Crippen LogP contribution < -0.4 is 14.4 Å². The summed E-state index contributed by atoms with van der Waals surface area (Å²) in [6, 6.07) is 17.3. The van der Waals surface area contributed by atoms with Gasteiger partial charge in [-0.15, -0.1) is 0 Å². The predicted molar refractivity (Wildman–Crippen MR) is 156 cm³/mol. The number of hydrogen-bond acceptors (Lipinski definition) is 6. The van der Waals surface area contributed by atoms with Gasteiger partial charge in [-0.1, -0.05) is 29.3 Å². The van der Waals surface area contributed by atoms with Crippen LogP contribution in [-0.2, 0) is 26.6 Å². The molecule has 1 saturated heterocycles. The molecule has 0 saturated carbocycles. The normalized spacial score (nSPS) is 14.2. The molecule has 13 heteroatoms. The molecule has 0 spiro atoms. The maximum Gasteiger partial charge on any atom is 0.251 e. The Morgan fingerprint density at radius 2 is 1.52 bits per heavy atom. The Hall–Kier alpha value is -2.83. The fourth-order valence-electron chi connectivity index (χ4n) is 4.23. The molecule has 3 aromatic carbocycles. The van der Waals surface area contributed by atoms with Crippen LogP contribution in [0.1, 0.15) is 28.8 Å². The van der Waals surface area contributed by atoms with E-state index < -0.39 is 20.0 Å². The van der Waals surface area contributed by atoms with Gasteiger partial charge in [0.25, 0.3) is 5.91 Å². The average Bonchev–Trinajstić information content (AvgIpc) is 3.47. The third-order valence-electron chi connectivity index (χ3n) is 6.36. The third kappa shape index (κ3) is 7.27. The zero-order valence-electron chi connectivity index (χ0n) is 21.7. The zero-order chi connectivity index (χ0) is 28.9. The lowest BCUT2D eigenvalue weighted by Gasteiger charge is -2.23. The van der Waals surface area contributed by atoms with Crippen molar-refractivity contribution in [2.75, 3.05) is 36.8 Å². The van der Waals surface area contributed by atoms with E-state index in [2.05, 4.69) is 5.32 Å². The summed E-state index contributed by atoms with van der Waals surface area (Å²) in [5, 5.41) is 3.44. The molecule has 0 radical (unpaired) electrons. The van der Waals surface area contributed by atoms with E-state index in [0.717, 1.165) is 23.4 Å². The lowest BCUT2D eigenvalue weighted by molar-refractivity contribution is 0.0947. The fraction of sp³-hybridized carbons (Fsp3) is 0.296. The Balaban J connectivity index is 1.31. The lowest BCUT2D eigenvalue weighted by atomic mass is 10.1. The second kappa shape index (κ2) is 12.8. The molecule has 9 nitrogen and oxygen atoms in total. The van der Waals surface area contributed by atoms with E-state index in [1.807, 2.05) is 0 Å². The van der Waals surface area contributed by atoms with Gasteiger partial charge in [0.15, 0.2) is 0 Å². The highest BCUT2D eigenvalue weighted by Crippen LogP contribution is 2.29.